The van der Waals surface area contributed by atoms with E-state index in [0.717, 1.165) is 28.2 Å². The molecule has 2 aliphatic rings. The lowest BCUT2D eigenvalue weighted by molar-refractivity contribution is -0.123. The number of amides is 2. The number of carbonyl (C=O) groups excluding carboxylic acids is 2. The summed E-state index contributed by atoms with van der Waals surface area (Å²) in [5.41, 5.74) is 2.43. The van der Waals surface area contributed by atoms with Crippen molar-refractivity contribution in [1.82, 2.24) is 0 Å². The summed E-state index contributed by atoms with van der Waals surface area (Å²) in [6.45, 7) is 2.05. The highest BCUT2D eigenvalue weighted by Crippen LogP contribution is 2.53. The Kier molecular flexibility index (Phi) is 4.84. The number of sulfone groups is 1. The number of aryl methyl sites for hydroxylation is 1. The summed E-state index contributed by atoms with van der Waals surface area (Å²) in [7, 11) is -4.30. The average Bonchev–Trinajstić information content (AvgIpc) is 3.13. The van der Waals surface area contributed by atoms with Crippen molar-refractivity contribution in [2.45, 2.75) is 18.3 Å². The van der Waals surface area contributed by atoms with Gasteiger partial charge in [-0.05, 0) is 36.8 Å². The van der Waals surface area contributed by atoms with E-state index in [1.807, 2.05) is 31.2 Å². The zero-order valence-electron chi connectivity index (χ0n) is 17.5. The molecule has 2 heterocycles. The summed E-state index contributed by atoms with van der Waals surface area (Å²) >= 11 is 5.94. The molecule has 0 aromatic heterocycles. The van der Waals surface area contributed by atoms with E-state index < -0.39 is 38.1 Å². The minimum Gasteiger partial charge on any atom is -0.304 e. The van der Waals surface area contributed by atoms with Crippen LogP contribution in [0.2, 0.25) is 5.02 Å². The smallest absolute Gasteiger partial charge is 0.274 e. The maximum absolute atomic E-state index is 14.0. The van der Waals surface area contributed by atoms with Crippen molar-refractivity contribution in [1.29, 1.82) is 0 Å². The van der Waals surface area contributed by atoms with Gasteiger partial charge in [-0.2, -0.15) is 0 Å². The summed E-state index contributed by atoms with van der Waals surface area (Å²) in [5.74, 6) is -3.10. The zero-order valence-corrected chi connectivity index (χ0v) is 19.0. The molecule has 168 valence electrons. The third kappa shape index (κ3) is 3.01. The van der Waals surface area contributed by atoms with Crippen molar-refractivity contribution in [3.63, 3.8) is 0 Å². The number of para-hydroxylation sites is 1. The highest BCUT2D eigenvalue weighted by molar-refractivity contribution is 7.94. The molecule has 0 radical (unpaired) electrons. The number of halogens is 2. The predicted molar refractivity (Wildman–Crippen MR) is 123 cm³/mol. The van der Waals surface area contributed by atoms with Crippen molar-refractivity contribution in [2.75, 3.05) is 15.6 Å². The first-order chi connectivity index (χ1) is 15.7. The van der Waals surface area contributed by atoms with Crippen LogP contribution in [0.25, 0.3) is 0 Å². The lowest BCUT2D eigenvalue weighted by Crippen LogP contribution is -2.54. The molecule has 9 heteroatoms. The van der Waals surface area contributed by atoms with Crippen LogP contribution in [0.5, 0.6) is 0 Å². The first-order valence-electron chi connectivity index (χ1n) is 10.1. The van der Waals surface area contributed by atoms with E-state index in [2.05, 4.69) is 0 Å². The zero-order chi connectivity index (χ0) is 23.5. The molecular weight excluding hydrogens is 467 g/mol. The van der Waals surface area contributed by atoms with Crippen LogP contribution < -0.4 is 9.80 Å². The highest BCUT2D eigenvalue weighted by Gasteiger charge is 2.69. The van der Waals surface area contributed by atoms with Gasteiger partial charge >= 0.3 is 0 Å². The van der Waals surface area contributed by atoms with E-state index >= 15 is 0 Å². The molecule has 2 amide bonds. The van der Waals surface area contributed by atoms with Gasteiger partial charge in [0.15, 0.2) is 9.84 Å². The highest BCUT2D eigenvalue weighted by atomic mass is 35.5. The number of hydrogen-bond donors (Lipinski definition) is 0. The molecule has 1 unspecified atom stereocenters. The fraction of sp³-hybridized carbons (Fsp3) is 0.167. The molecule has 5 rings (SSSR count). The normalized spacial score (nSPS) is 21.2. The second-order valence-corrected chi connectivity index (χ2v) is 10.6. The van der Waals surface area contributed by atoms with Crippen molar-refractivity contribution in [3.8, 4) is 0 Å². The van der Waals surface area contributed by atoms with E-state index in [1.165, 1.54) is 17.0 Å². The average molecular weight is 485 g/mol. The number of fused-ring (bicyclic) bond motifs is 2. The second-order valence-electron chi connectivity index (χ2n) is 8.13. The number of anilines is 2. The standard InChI is InChI=1S/C24H18ClFN2O4S/c1-15-5-4-6-16(11-15)13-27-21-8-3-2-7-18(21)24(23(27)30)28(22(29)14-33(24,31)32)17-9-10-20(26)19(25)12-17/h2-12H,13-14H2,1H3. The summed E-state index contributed by atoms with van der Waals surface area (Å²) in [6, 6.07) is 17.5. The van der Waals surface area contributed by atoms with Crippen molar-refractivity contribution in [3.05, 3.63) is 94.3 Å². The van der Waals surface area contributed by atoms with E-state index in [9.17, 15) is 22.4 Å². The third-order valence-electron chi connectivity index (χ3n) is 6.01. The van der Waals surface area contributed by atoms with Crippen LogP contribution in [0.1, 0.15) is 16.7 Å². The molecule has 1 spiro atoms. The Bertz CT molecular complexity index is 1440. The topological polar surface area (TPSA) is 74.8 Å². The fourth-order valence-corrected chi connectivity index (χ4v) is 6.87. The monoisotopic (exact) mass is 484 g/mol. The van der Waals surface area contributed by atoms with Crippen LogP contribution >= 0.6 is 11.6 Å². The predicted octanol–water partition coefficient (Wildman–Crippen LogP) is 3.95. The molecule has 0 aliphatic carbocycles. The Morgan fingerprint density at radius 3 is 2.52 bits per heavy atom. The van der Waals surface area contributed by atoms with E-state index in [1.54, 1.807) is 18.2 Å². The van der Waals surface area contributed by atoms with Gasteiger partial charge in [0.05, 0.1) is 17.3 Å². The maximum Gasteiger partial charge on any atom is 0.274 e. The molecule has 0 saturated carbocycles. The number of rotatable bonds is 3. The van der Waals surface area contributed by atoms with Gasteiger partial charge < -0.3 is 4.90 Å². The first-order valence-corrected chi connectivity index (χ1v) is 12.2. The largest absolute Gasteiger partial charge is 0.304 e. The number of nitrogens with zero attached hydrogens (tertiary/aromatic N) is 2. The van der Waals surface area contributed by atoms with Crippen molar-refractivity contribution >= 4 is 44.6 Å². The molecule has 3 aromatic rings. The molecule has 0 bridgehead atoms. The van der Waals surface area contributed by atoms with Crippen molar-refractivity contribution in [2.24, 2.45) is 0 Å². The fourth-order valence-electron chi connectivity index (χ4n) is 4.67. The lowest BCUT2D eigenvalue weighted by atomic mass is 10.0. The molecule has 3 aromatic carbocycles. The SMILES string of the molecule is Cc1cccc(CN2C(=O)C3(c4ccccc42)N(c2ccc(F)c(Cl)c2)C(=O)CS3(=O)=O)c1. The molecule has 2 aliphatic heterocycles. The van der Waals surface area contributed by atoms with Crippen molar-refractivity contribution < 1.29 is 22.4 Å². The van der Waals surface area contributed by atoms with Crippen LogP contribution in [0.15, 0.2) is 66.7 Å². The van der Waals surface area contributed by atoms with Gasteiger partial charge in [0, 0.05) is 11.3 Å². The van der Waals surface area contributed by atoms with Gasteiger partial charge in [0.1, 0.15) is 11.6 Å². The Morgan fingerprint density at radius 2 is 1.79 bits per heavy atom. The Balaban J connectivity index is 1.74. The van der Waals surface area contributed by atoms with Gasteiger partial charge in [-0.3, -0.25) is 14.5 Å². The Morgan fingerprint density at radius 1 is 1.03 bits per heavy atom. The molecule has 1 fully saturated rings. The van der Waals surface area contributed by atoms with Crippen LogP contribution in [-0.2, 0) is 30.8 Å². The quantitative estimate of drug-likeness (QED) is 0.564. The van der Waals surface area contributed by atoms with Gasteiger partial charge in [0.2, 0.25) is 5.91 Å². The first kappa shape index (κ1) is 21.6. The molecule has 1 atom stereocenters. The van der Waals surface area contributed by atoms with Gasteiger partial charge in [-0.15, -0.1) is 0 Å². The second kappa shape index (κ2) is 7.40. The van der Waals surface area contributed by atoms with Crippen LogP contribution in [0.4, 0.5) is 15.8 Å². The summed E-state index contributed by atoms with van der Waals surface area (Å²) in [4.78, 5) is 27.1. The Labute approximate surface area is 195 Å². The van der Waals surface area contributed by atoms with E-state index in [-0.39, 0.29) is 22.8 Å². The third-order valence-corrected chi connectivity index (χ3v) is 8.40. The maximum atomic E-state index is 14.0. The summed E-state index contributed by atoms with van der Waals surface area (Å²) in [6.07, 6.45) is 0. The minimum absolute atomic E-state index is 0.0352. The number of benzene rings is 3. The molecular formula is C24H18ClFN2O4S. The summed E-state index contributed by atoms with van der Waals surface area (Å²) < 4.78 is 40.9. The lowest BCUT2D eigenvalue weighted by Gasteiger charge is -2.32. The van der Waals surface area contributed by atoms with Gasteiger partial charge in [-0.1, -0.05) is 59.6 Å². The van der Waals surface area contributed by atoms with E-state index in [4.69, 9.17) is 11.6 Å². The molecule has 0 N–H and O–H groups in total. The van der Waals surface area contributed by atoms with Crippen LogP contribution in [-0.4, -0.2) is 26.0 Å². The Hall–Kier alpha value is -3.23. The summed E-state index contributed by atoms with van der Waals surface area (Å²) in [5, 5.41) is -0.282. The van der Waals surface area contributed by atoms with Gasteiger partial charge in [-0.25, -0.2) is 12.8 Å². The van der Waals surface area contributed by atoms with Gasteiger partial charge in [0.25, 0.3) is 10.8 Å². The number of carbonyl (C=O) groups is 2. The van der Waals surface area contributed by atoms with Crippen LogP contribution in [0.3, 0.4) is 0 Å². The minimum atomic E-state index is -4.30. The molecule has 1 saturated heterocycles. The van der Waals surface area contributed by atoms with Crippen LogP contribution in [0, 0.1) is 12.7 Å². The molecule has 33 heavy (non-hydrogen) atoms. The molecule has 6 nitrogen and oxygen atoms in total. The number of hydrogen-bond acceptors (Lipinski definition) is 4. The van der Waals surface area contributed by atoms with E-state index in [0.29, 0.717) is 5.69 Å².